The van der Waals surface area contributed by atoms with Gasteiger partial charge in [-0.3, -0.25) is 0 Å². The average Bonchev–Trinajstić information content (AvgIpc) is 1.35. The Labute approximate surface area is 70.8 Å². The molecule has 38 valence electrons. The summed E-state index contributed by atoms with van der Waals surface area (Å²) in [5, 5.41) is 0. The van der Waals surface area contributed by atoms with Crippen molar-refractivity contribution in [1.29, 1.82) is 0 Å². The van der Waals surface area contributed by atoms with Gasteiger partial charge in [-0.2, -0.15) is 0 Å². The third-order valence-corrected chi connectivity index (χ3v) is 22.0. The first-order chi connectivity index (χ1) is 2.56. The summed E-state index contributed by atoms with van der Waals surface area (Å²) < 4.78 is 1.45. The third kappa shape index (κ3) is 7.06. The zero-order valence-corrected chi connectivity index (χ0v) is 13.4. The summed E-state index contributed by atoms with van der Waals surface area (Å²) in [6, 6.07) is 0. The van der Waals surface area contributed by atoms with E-state index in [2.05, 4.69) is 61.3 Å². The Bertz CT molecular complexity index is 38.5. The zero-order chi connectivity index (χ0) is 5.21. The summed E-state index contributed by atoms with van der Waals surface area (Å²) in [7, 11) is -1.42. The molecule has 0 atom stereocenters. The van der Waals surface area contributed by atoms with Gasteiger partial charge in [0.25, 0.3) is 0 Å². The summed E-state index contributed by atoms with van der Waals surface area (Å²) in [5.74, 6) is 0. The minimum atomic E-state index is -1.42. The van der Waals surface area contributed by atoms with Crippen LogP contribution in [0.25, 0.3) is 0 Å². The molecule has 0 rings (SSSR count). The number of rotatable bonds is 1. The van der Waals surface area contributed by atoms with Gasteiger partial charge < -0.3 is 0 Å². The summed E-state index contributed by atoms with van der Waals surface area (Å²) in [6.07, 6.45) is 0. The molecule has 0 fully saturated rings. The van der Waals surface area contributed by atoms with Gasteiger partial charge in [0.05, 0.1) is 0 Å². The molecule has 0 nitrogen and oxygen atoms in total. The second kappa shape index (κ2) is 3.97. The number of hydrogen-bond acceptors (Lipinski definition) is 0. The Kier molecular flexibility index (Phi) is 5.99. The van der Waals surface area contributed by atoms with E-state index in [-0.39, 0.29) is 0 Å². The van der Waals surface area contributed by atoms with Crippen LogP contribution in [0.5, 0.6) is 0 Å². The van der Waals surface area contributed by atoms with E-state index in [0.717, 1.165) is 0 Å². The monoisotopic (exact) mass is 590 g/mol. The van der Waals surface area contributed by atoms with Crippen molar-refractivity contribution in [3.05, 3.63) is 0 Å². The van der Waals surface area contributed by atoms with Gasteiger partial charge in [-0.15, -0.1) is 0 Å². The van der Waals surface area contributed by atoms with Gasteiger partial charge in [-0.05, 0) is 0 Å². The second-order valence-corrected chi connectivity index (χ2v) is 104. The molecule has 0 saturated heterocycles. The van der Waals surface area contributed by atoms with E-state index in [0.29, 0.717) is 0 Å². The molecule has 0 aliphatic carbocycles. The fourth-order valence-corrected chi connectivity index (χ4v) is 0. The predicted octanol–water partition coefficient (Wildman–Crippen LogP) is 3.63. The Morgan fingerprint density at radius 1 is 1.33 bits per heavy atom. The van der Waals surface area contributed by atoms with E-state index >= 15 is 0 Å². The molecule has 0 saturated carbocycles. The van der Waals surface area contributed by atoms with Crippen LogP contribution in [0.3, 0.4) is 0 Å². The van der Waals surface area contributed by atoms with Crippen LogP contribution in [0.4, 0.5) is 0 Å². The summed E-state index contributed by atoms with van der Waals surface area (Å²) in [5.41, 5.74) is 0. The van der Waals surface area contributed by atoms with Crippen molar-refractivity contribution in [1.82, 2.24) is 0 Å². The standard InChI is InChI=1S/C2H5.Hf.3HI/c1-2;;;;/h1H2,2H3;;3*1H/q;+3;;;/p-3. The van der Waals surface area contributed by atoms with Gasteiger partial charge in [0, 0.05) is 0 Å². The van der Waals surface area contributed by atoms with Gasteiger partial charge in [-0.1, -0.05) is 0 Å². The molecule has 0 unspecified atom stereocenters. The average molecular weight is 588 g/mol. The third-order valence-electron chi connectivity index (χ3n) is 0.401. The molecule has 0 N–H and O–H groups in total. The van der Waals surface area contributed by atoms with Crippen molar-refractivity contribution in [3.63, 3.8) is 0 Å². The van der Waals surface area contributed by atoms with Crippen LogP contribution in [0.2, 0.25) is 4.18 Å². The molecule has 0 aliphatic heterocycles. The minimum absolute atomic E-state index is 1.42. The van der Waals surface area contributed by atoms with E-state index in [1.54, 1.807) is 0 Å². The van der Waals surface area contributed by atoms with E-state index < -0.39 is 7.50 Å². The van der Waals surface area contributed by atoms with Crippen molar-refractivity contribution in [2.24, 2.45) is 0 Å². The van der Waals surface area contributed by atoms with E-state index in [1.165, 1.54) is 4.18 Å². The molecular formula is C2H5HfI3. The Morgan fingerprint density at radius 2 is 1.50 bits per heavy atom. The molecule has 0 aromatic carbocycles. The van der Waals surface area contributed by atoms with Crippen molar-refractivity contribution in [3.8, 4) is 0 Å². The maximum absolute atomic E-state index is 2.64. The molecule has 0 bridgehead atoms. The van der Waals surface area contributed by atoms with Crippen LogP contribution in [0.1, 0.15) is 6.92 Å². The first-order valence-electron chi connectivity index (χ1n) is 1.63. The van der Waals surface area contributed by atoms with Gasteiger partial charge in [0.1, 0.15) is 0 Å². The van der Waals surface area contributed by atoms with Crippen LogP contribution < -0.4 is 0 Å². The Hall–Kier alpha value is 3.06. The molecule has 0 spiro atoms. The van der Waals surface area contributed by atoms with Crippen LogP contribution in [0, 0.1) is 0 Å². The fourth-order valence-electron chi connectivity index (χ4n) is 0. The van der Waals surface area contributed by atoms with Gasteiger partial charge in [-0.25, -0.2) is 0 Å². The van der Waals surface area contributed by atoms with Gasteiger partial charge in [0.15, 0.2) is 0 Å². The van der Waals surface area contributed by atoms with E-state index in [1.807, 2.05) is 0 Å². The molecule has 0 heterocycles. The summed E-state index contributed by atoms with van der Waals surface area (Å²) in [6.45, 7) is 2.28. The second-order valence-electron chi connectivity index (χ2n) is 0.969. The fraction of sp³-hybridized carbons (Fsp3) is 1.00. The zero-order valence-electron chi connectivity index (χ0n) is 3.34. The first kappa shape index (κ1) is 9.06. The van der Waals surface area contributed by atoms with Crippen molar-refractivity contribution in [2.45, 2.75) is 11.1 Å². The van der Waals surface area contributed by atoms with Crippen molar-refractivity contribution < 1.29 is 7.50 Å². The molecule has 0 radical (unpaired) electrons. The quantitative estimate of drug-likeness (QED) is 0.325. The topological polar surface area (TPSA) is 0 Å². The molecular weight excluding hydrogens is 583 g/mol. The Balaban J connectivity index is 3.17. The molecule has 0 aliphatic rings. The molecule has 0 amide bonds. The number of hydrogen-bond donors (Lipinski definition) is 0. The maximum atomic E-state index is 2.64. The van der Waals surface area contributed by atoms with Crippen LogP contribution in [-0.4, -0.2) is 0 Å². The van der Waals surface area contributed by atoms with Crippen LogP contribution in [0.15, 0.2) is 0 Å². The molecule has 4 heteroatoms. The van der Waals surface area contributed by atoms with E-state index in [4.69, 9.17) is 0 Å². The van der Waals surface area contributed by atoms with Gasteiger partial charge in [0.2, 0.25) is 0 Å². The van der Waals surface area contributed by atoms with E-state index in [9.17, 15) is 0 Å². The predicted molar refractivity (Wildman–Crippen MR) is 52.5 cm³/mol. The molecule has 0 aromatic rings. The normalized spacial score (nSPS) is 12.0. The SMILES string of the molecule is C[CH2][Hf]([I])([I])[I]. The van der Waals surface area contributed by atoms with Crippen molar-refractivity contribution in [2.75, 3.05) is 0 Å². The number of halogens is 3. The molecule has 0 aromatic heterocycles. The summed E-state index contributed by atoms with van der Waals surface area (Å²) >= 11 is 7.91. The first-order valence-corrected chi connectivity index (χ1v) is 34.7. The van der Waals surface area contributed by atoms with Crippen LogP contribution in [-0.2, 0) is 7.50 Å². The van der Waals surface area contributed by atoms with Gasteiger partial charge >= 0.3 is 73.0 Å². The van der Waals surface area contributed by atoms with Crippen molar-refractivity contribution >= 4 is 54.4 Å². The molecule has 6 heavy (non-hydrogen) atoms. The Morgan fingerprint density at radius 3 is 1.50 bits per heavy atom. The van der Waals surface area contributed by atoms with Crippen LogP contribution >= 0.6 is 54.4 Å². The summed E-state index contributed by atoms with van der Waals surface area (Å²) in [4.78, 5) is 0.